The summed E-state index contributed by atoms with van der Waals surface area (Å²) in [6, 6.07) is 10.5. The van der Waals surface area contributed by atoms with Crippen molar-refractivity contribution in [1.82, 2.24) is 15.5 Å². The van der Waals surface area contributed by atoms with Crippen LogP contribution in [0.15, 0.2) is 42.5 Å². The van der Waals surface area contributed by atoms with E-state index in [1.807, 2.05) is 17.9 Å². The minimum Gasteiger partial charge on any atom is -0.376 e. The maximum Gasteiger partial charge on any atom is 0.317 e. The Hall–Kier alpha value is -2.34. The molecule has 6 heteroatoms. The fraction of sp³-hybridized carbons (Fsp3) is 0.600. The molecule has 1 aromatic rings. The number of nitrogens with one attached hydrogen (secondary N) is 2. The van der Waals surface area contributed by atoms with Crippen LogP contribution in [-0.4, -0.2) is 54.2 Å². The highest BCUT2D eigenvalue weighted by molar-refractivity contribution is 5.89. The lowest BCUT2D eigenvalue weighted by atomic mass is 9.77. The van der Waals surface area contributed by atoms with Crippen molar-refractivity contribution in [3.05, 3.63) is 48.0 Å². The molecule has 1 saturated carbocycles. The zero-order chi connectivity index (χ0) is 21.7. The summed E-state index contributed by atoms with van der Waals surface area (Å²) < 4.78 is 6.43. The Morgan fingerprint density at radius 1 is 1.23 bits per heavy atom. The first kappa shape index (κ1) is 21.9. The number of urea groups is 1. The third-order valence-electron chi connectivity index (χ3n) is 7.18. The van der Waals surface area contributed by atoms with Gasteiger partial charge in [0.05, 0.1) is 24.3 Å². The Bertz CT molecular complexity index is 788. The molecule has 2 unspecified atom stereocenters. The number of ether oxygens (including phenoxy) is 1. The smallest absolute Gasteiger partial charge is 0.317 e. The van der Waals surface area contributed by atoms with Gasteiger partial charge in [0.15, 0.2) is 0 Å². The average molecular weight is 426 g/mol. The van der Waals surface area contributed by atoms with Crippen LogP contribution in [0.1, 0.15) is 63.4 Å². The molecule has 1 aliphatic carbocycles. The van der Waals surface area contributed by atoms with E-state index in [0.29, 0.717) is 25.6 Å². The maximum absolute atomic E-state index is 12.8. The summed E-state index contributed by atoms with van der Waals surface area (Å²) in [7, 11) is 0. The topological polar surface area (TPSA) is 70.7 Å². The van der Waals surface area contributed by atoms with Crippen LogP contribution < -0.4 is 10.6 Å². The highest BCUT2D eigenvalue weighted by Crippen LogP contribution is 2.36. The zero-order valence-electron chi connectivity index (χ0n) is 18.5. The Labute approximate surface area is 185 Å². The minimum atomic E-state index is -0.434. The number of hydrogen-bond donors (Lipinski definition) is 2. The first-order chi connectivity index (χ1) is 15.1. The van der Waals surface area contributed by atoms with Crippen molar-refractivity contribution in [2.75, 3.05) is 19.7 Å². The SMILES string of the molecule is CCNC(=O)N1CCCC2(CC=CC(=O)N2)C1COC1CCC(c2ccccc2)CC1. The van der Waals surface area contributed by atoms with Gasteiger partial charge in [-0.3, -0.25) is 4.79 Å². The number of carbonyl (C=O) groups excluding carboxylic acids is 2. The van der Waals surface area contributed by atoms with Gasteiger partial charge in [0.2, 0.25) is 5.91 Å². The molecular weight excluding hydrogens is 390 g/mol. The summed E-state index contributed by atoms with van der Waals surface area (Å²) in [5.41, 5.74) is 0.988. The molecule has 0 bridgehead atoms. The molecule has 0 radical (unpaired) electrons. The van der Waals surface area contributed by atoms with E-state index in [1.165, 1.54) is 5.56 Å². The Balaban J connectivity index is 1.41. The molecule has 2 atom stereocenters. The van der Waals surface area contributed by atoms with Gasteiger partial charge in [-0.05, 0) is 69.4 Å². The Morgan fingerprint density at radius 2 is 2.00 bits per heavy atom. The summed E-state index contributed by atoms with van der Waals surface area (Å²) in [6.45, 7) is 3.68. The van der Waals surface area contributed by atoms with Crippen LogP contribution >= 0.6 is 0 Å². The van der Waals surface area contributed by atoms with Gasteiger partial charge in [0.1, 0.15) is 0 Å². The van der Waals surface area contributed by atoms with Crippen molar-refractivity contribution in [2.24, 2.45) is 0 Å². The predicted molar refractivity (Wildman–Crippen MR) is 121 cm³/mol. The largest absolute Gasteiger partial charge is 0.376 e. The molecule has 3 aliphatic rings. The van der Waals surface area contributed by atoms with E-state index >= 15 is 0 Å². The van der Waals surface area contributed by atoms with E-state index in [2.05, 4.69) is 41.0 Å². The van der Waals surface area contributed by atoms with Crippen molar-refractivity contribution in [1.29, 1.82) is 0 Å². The second-order valence-corrected chi connectivity index (χ2v) is 9.12. The fourth-order valence-electron chi connectivity index (χ4n) is 5.54. The Morgan fingerprint density at radius 3 is 2.71 bits per heavy atom. The normalized spacial score (nSPS) is 30.8. The molecule has 4 rings (SSSR count). The lowest BCUT2D eigenvalue weighted by Gasteiger charge is -2.51. The van der Waals surface area contributed by atoms with Crippen molar-refractivity contribution in [2.45, 2.75) is 75.5 Å². The van der Waals surface area contributed by atoms with Crippen LogP contribution in [0.4, 0.5) is 4.79 Å². The molecule has 2 N–H and O–H groups in total. The van der Waals surface area contributed by atoms with E-state index < -0.39 is 5.54 Å². The molecule has 2 aliphatic heterocycles. The van der Waals surface area contributed by atoms with Crippen molar-refractivity contribution in [3.63, 3.8) is 0 Å². The van der Waals surface area contributed by atoms with Crippen LogP contribution in [-0.2, 0) is 9.53 Å². The molecule has 6 nitrogen and oxygen atoms in total. The number of nitrogens with zero attached hydrogens (tertiary/aromatic N) is 1. The molecule has 31 heavy (non-hydrogen) atoms. The number of hydrogen-bond acceptors (Lipinski definition) is 3. The first-order valence-electron chi connectivity index (χ1n) is 11.8. The number of rotatable bonds is 5. The van der Waals surface area contributed by atoms with Gasteiger partial charge in [-0.25, -0.2) is 4.79 Å². The predicted octanol–water partition coefficient (Wildman–Crippen LogP) is 3.74. The van der Waals surface area contributed by atoms with Crippen molar-refractivity contribution >= 4 is 11.9 Å². The summed E-state index contributed by atoms with van der Waals surface area (Å²) >= 11 is 0. The summed E-state index contributed by atoms with van der Waals surface area (Å²) in [5.74, 6) is 0.536. The number of carbonyl (C=O) groups is 2. The molecule has 1 aromatic carbocycles. The van der Waals surface area contributed by atoms with E-state index in [-0.39, 0.29) is 24.1 Å². The van der Waals surface area contributed by atoms with Crippen molar-refractivity contribution < 1.29 is 14.3 Å². The summed E-state index contributed by atoms with van der Waals surface area (Å²) in [6.07, 6.45) is 10.6. The second kappa shape index (κ2) is 9.86. The molecule has 1 spiro atoms. The van der Waals surface area contributed by atoms with Crippen LogP contribution in [0.25, 0.3) is 0 Å². The number of piperidine rings is 1. The molecule has 1 saturated heterocycles. The third-order valence-corrected chi connectivity index (χ3v) is 7.18. The fourth-order valence-corrected chi connectivity index (χ4v) is 5.54. The summed E-state index contributed by atoms with van der Waals surface area (Å²) in [5, 5.41) is 6.14. The highest BCUT2D eigenvalue weighted by Gasteiger charge is 2.48. The molecule has 2 fully saturated rings. The average Bonchev–Trinajstić information content (AvgIpc) is 2.79. The third kappa shape index (κ3) is 4.95. The van der Waals surface area contributed by atoms with E-state index in [0.717, 1.165) is 44.9 Å². The van der Waals surface area contributed by atoms with Crippen LogP contribution in [0.2, 0.25) is 0 Å². The van der Waals surface area contributed by atoms with Crippen molar-refractivity contribution in [3.8, 4) is 0 Å². The molecule has 3 amide bonds. The summed E-state index contributed by atoms with van der Waals surface area (Å²) in [4.78, 5) is 26.9. The van der Waals surface area contributed by atoms with Gasteiger partial charge in [0.25, 0.3) is 0 Å². The minimum absolute atomic E-state index is 0.0632. The molecule has 168 valence electrons. The molecule has 2 heterocycles. The van der Waals surface area contributed by atoms with Gasteiger partial charge >= 0.3 is 6.03 Å². The standard InChI is InChI=1S/C25H35N3O3/c1-2-26-24(30)28-17-7-16-25(15-6-10-23(29)27-25)22(28)18-31-21-13-11-20(12-14-21)19-8-4-3-5-9-19/h3-6,8-10,20-22H,2,7,11-18H2,1H3,(H,26,30)(H,27,29). The van der Waals surface area contributed by atoms with Crippen LogP contribution in [0, 0.1) is 0 Å². The first-order valence-corrected chi connectivity index (χ1v) is 11.8. The van der Waals surface area contributed by atoms with Gasteiger partial charge in [-0.2, -0.15) is 0 Å². The van der Waals surface area contributed by atoms with E-state index in [4.69, 9.17) is 4.74 Å². The van der Waals surface area contributed by atoms with Crippen LogP contribution in [0.5, 0.6) is 0 Å². The quantitative estimate of drug-likeness (QED) is 0.755. The van der Waals surface area contributed by atoms with Gasteiger partial charge in [-0.1, -0.05) is 36.4 Å². The Kier molecular flexibility index (Phi) is 6.96. The van der Waals surface area contributed by atoms with Gasteiger partial charge in [0, 0.05) is 13.1 Å². The number of benzene rings is 1. The number of amides is 3. The van der Waals surface area contributed by atoms with E-state index in [1.54, 1.807) is 6.08 Å². The van der Waals surface area contributed by atoms with Gasteiger partial charge < -0.3 is 20.3 Å². The number of likely N-dealkylation sites (tertiary alicyclic amines) is 1. The molecular formula is C25H35N3O3. The van der Waals surface area contributed by atoms with Gasteiger partial charge in [-0.15, -0.1) is 0 Å². The zero-order valence-corrected chi connectivity index (χ0v) is 18.5. The van der Waals surface area contributed by atoms with E-state index in [9.17, 15) is 9.59 Å². The lowest BCUT2D eigenvalue weighted by molar-refractivity contribution is -0.121. The highest BCUT2D eigenvalue weighted by atomic mass is 16.5. The monoisotopic (exact) mass is 425 g/mol. The van der Waals surface area contributed by atoms with Crippen LogP contribution in [0.3, 0.4) is 0 Å². The molecule has 0 aromatic heterocycles. The second-order valence-electron chi connectivity index (χ2n) is 9.12. The maximum atomic E-state index is 12.8. The lowest BCUT2D eigenvalue weighted by Crippen LogP contribution is -2.69.